The molecule has 2 N–H and O–H groups in total. The zero-order valence-corrected chi connectivity index (χ0v) is 19.0. The minimum Gasteiger partial charge on any atom is -0.477 e. The van der Waals surface area contributed by atoms with Crippen LogP contribution in [0.1, 0.15) is 20.7 Å². The summed E-state index contributed by atoms with van der Waals surface area (Å²) < 4.78 is 222. The van der Waals surface area contributed by atoms with Crippen molar-refractivity contribution in [2.24, 2.45) is 0 Å². The van der Waals surface area contributed by atoms with Crippen molar-refractivity contribution in [2.45, 2.75) is 36.9 Å². The molecule has 2 aromatic rings. The number of fused-ring (bicyclic) bond motifs is 1. The van der Waals surface area contributed by atoms with Gasteiger partial charge in [-0.05, 0) is 0 Å². The summed E-state index contributed by atoms with van der Waals surface area (Å²) in [6.07, 6.45) is -37.2. The zero-order valence-electron chi connectivity index (χ0n) is 18.1. The smallest absolute Gasteiger partial charge is 0.434 e. The molecule has 0 unspecified atom stereocenters. The quantitative estimate of drug-likeness (QED) is 0.327. The maximum Gasteiger partial charge on any atom is 0.434 e. The summed E-state index contributed by atoms with van der Waals surface area (Å²) >= 11 is 0. The van der Waals surface area contributed by atoms with Gasteiger partial charge in [-0.2, -0.15) is 52.7 Å². The number of benzene rings is 2. The molecule has 0 bridgehead atoms. The maximum absolute atomic E-state index is 14.9. The number of halogens is 17. The van der Waals surface area contributed by atoms with Crippen molar-refractivity contribution in [2.75, 3.05) is 0 Å². The molecule has 0 saturated heterocycles. The van der Waals surface area contributed by atoms with Crippen LogP contribution in [0.4, 0.5) is 70.2 Å². The first kappa shape index (κ1) is 35.4. The highest BCUT2D eigenvalue weighted by Gasteiger charge is 2.61. The molecule has 2 aromatic carbocycles. The highest BCUT2D eigenvalue weighted by atomic mass is 35.5. The van der Waals surface area contributed by atoms with Crippen LogP contribution in [0.25, 0.3) is 10.8 Å². The van der Waals surface area contributed by atoms with Gasteiger partial charge < -0.3 is 19.7 Å². The third kappa shape index (κ3) is 6.67. The number of ether oxygens (including phenoxy) is 2. The van der Waals surface area contributed by atoms with E-state index in [1.54, 1.807) is 0 Å². The van der Waals surface area contributed by atoms with Crippen molar-refractivity contribution in [3.05, 3.63) is 34.4 Å². The molecule has 0 atom stereocenters. The van der Waals surface area contributed by atoms with Crippen LogP contribution in [0, 0.1) is 23.3 Å². The standard InChI is InChI=1S/C18H4F16O6.ClH/c19-5-1-2(10(8(22)3(5)11(35)36)40-14(17(29,30)31)18(32,33)34)6(20)4(12(37)38)7(21)9(1)39-13(15(23,24)25)16(26,27)28;/h13-14H,(H,35,36)(H,37,38);1H. The molecule has 0 radical (unpaired) electrons. The van der Waals surface area contributed by atoms with Gasteiger partial charge in [-0.25, -0.2) is 27.2 Å². The average Bonchev–Trinajstić information content (AvgIpc) is 2.69. The van der Waals surface area contributed by atoms with Gasteiger partial charge in [0.15, 0.2) is 34.8 Å². The second-order valence-corrected chi connectivity index (χ2v) is 7.19. The van der Waals surface area contributed by atoms with Crippen molar-refractivity contribution in [1.82, 2.24) is 0 Å². The molecule has 0 aliphatic heterocycles. The van der Waals surface area contributed by atoms with Crippen LogP contribution in [-0.4, -0.2) is 59.1 Å². The largest absolute Gasteiger partial charge is 0.477 e. The SMILES string of the molecule is Cl.O=C(O)c1c(F)c(OC(C(F)(F)F)C(F)(F)F)c2c(F)c(C(=O)O)c(F)c(OC(C(F)(F)F)C(F)(F)F)c2c1F. The summed E-state index contributed by atoms with van der Waals surface area (Å²) in [5.74, 6) is -24.8. The van der Waals surface area contributed by atoms with Gasteiger partial charge in [0.2, 0.25) is 0 Å². The highest BCUT2D eigenvalue weighted by molar-refractivity contribution is 6.05. The lowest BCUT2D eigenvalue weighted by Gasteiger charge is -2.27. The van der Waals surface area contributed by atoms with Crippen LogP contribution in [0.3, 0.4) is 0 Å². The molecule has 0 aliphatic carbocycles. The number of carboxylic acid groups (broad SMARTS) is 2. The van der Waals surface area contributed by atoms with E-state index in [0.717, 1.165) is 0 Å². The van der Waals surface area contributed by atoms with Crippen LogP contribution < -0.4 is 9.47 Å². The fourth-order valence-corrected chi connectivity index (χ4v) is 3.01. The Balaban J connectivity index is 0.00000840. The van der Waals surface area contributed by atoms with Gasteiger partial charge in [-0.3, -0.25) is 0 Å². The lowest BCUT2D eigenvalue weighted by atomic mass is 9.98. The first-order valence-corrected chi connectivity index (χ1v) is 9.16. The molecule has 0 amide bonds. The molecular formula is C18H5ClF16O6. The predicted octanol–water partition coefficient (Wildman–Crippen LogP) is 6.96. The molecule has 0 saturated carbocycles. The van der Waals surface area contributed by atoms with E-state index in [-0.39, 0.29) is 12.4 Å². The Bertz CT molecular complexity index is 1230. The minimum atomic E-state index is -6.67. The number of rotatable bonds is 6. The molecule has 0 fully saturated rings. The van der Waals surface area contributed by atoms with Crippen molar-refractivity contribution in [1.29, 1.82) is 0 Å². The minimum absolute atomic E-state index is 0. The monoisotopic (exact) mass is 656 g/mol. The first-order valence-electron chi connectivity index (χ1n) is 9.16. The van der Waals surface area contributed by atoms with Gasteiger partial charge in [0.25, 0.3) is 12.2 Å². The van der Waals surface area contributed by atoms with E-state index in [2.05, 4.69) is 9.47 Å². The summed E-state index contributed by atoms with van der Waals surface area (Å²) in [6.45, 7) is 0. The van der Waals surface area contributed by atoms with E-state index in [0.29, 0.717) is 0 Å². The van der Waals surface area contributed by atoms with Crippen molar-refractivity contribution < 1.29 is 99.5 Å². The lowest BCUT2D eigenvalue weighted by Crippen LogP contribution is -2.47. The molecule has 23 heteroatoms. The maximum atomic E-state index is 14.9. The van der Waals surface area contributed by atoms with Crippen molar-refractivity contribution in [3.8, 4) is 11.5 Å². The summed E-state index contributed by atoms with van der Waals surface area (Å²) in [5, 5.41) is 12.3. The third-order valence-corrected chi connectivity index (χ3v) is 4.51. The van der Waals surface area contributed by atoms with Crippen LogP contribution in [0.5, 0.6) is 11.5 Å². The van der Waals surface area contributed by atoms with Gasteiger partial charge >= 0.3 is 36.6 Å². The summed E-state index contributed by atoms with van der Waals surface area (Å²) in [4.78, 5) is 22.5. The van der Waals surface area contributed by atoms with Gasteiger partial charge in [-0.1, -0.05) is 0 Å². The Morgan fingerprint density at radius 3 is 0.902 bits per heavy atom. The summed E-state index contributed by atoms with van der Waals surface area (Å²) in [5.41, 5.74) is -5.62. The third-order valence-electron chi connectivity index (χ3n) is 4.51. The second-order valence-electron chi connectivity index (χ2n) is 7.19. The molecule has 41 heavy (non-hydrogen) atoms. The van der Waals surface area contributed by atoms with Gasteiger partial charge in [0.1, 0.15) is 11.1 Å². The van der Waals surface area contributed by atoms with Gasteiger partial charge in [-0.15, -0.1) is 12.4 Å². The Labute approximate surface area is 218 Å². The molecule has 0 aliphatic rings. The topological polar surface area (TPSA) is 93.1 Å². The predicted molar refractivity (Wildman–Crippen MR) is 98.0 cm³/mol. The van der Waals surface area contributed by atoms with Gasteiger partial charge in [0.05, 0.1) is 10.8 Å². The Kier molecular flexibility index (Phi) is 9.51. The number of hydrogen-bond acceptors (Lipinski definition) is 4. The number of carbonyl (C=O) groups is 2. The Hall–Kier alpha value is -3.59. The normalized spacial score (nSPS) is 13.0. The Morgan fingerprint density at radius 2 is 0.732 bits per heavy atom. The number of aromatic carboxylic acids is 2. The molecular weight excluding hydrogens is 652 g/mol. The van der Waals surface area contributed by atoms with E-state index in [4.69, 9.17) is 10.2 Å². The van der Waals surface area contributed by atoms with Crippen molar-refractivity contribution >= 4 is 35.1 Å². The van der Waals surface area contributed by atoms with Crippen LogP contribution in [-0.2, 0) is 0 Å². The second kappa shape index (κ2) is 11.0. The molecule has 0 aromatic heterocycles. The number of carboxylic acids is 2. The van der Waals surface area contributed by atoms with E-state index in [1.165, 1.54) is 0 Å². The molecule has 0 spiro atoms. The molecule has 6 nitrogen and oxygen atoms in total. The summed E-state index contributed by atoms with van der Waals surface area (Å²) in [7, 11) is 0. The Morgan fingerprint density at radius 1 is 0.512 bits per heavy atom. The number of hydrogen-bond donors (Lipinski definition) is 2. The fourth-order valence-electron chi connectivity index (χ4n) is 3.01. The average molecular weight is 657 g/mol. The van der Waals surface area contributed by atoms with Crippen LogP contribution >= 0.6 is 12.4 Å². The number of alkyl halides is 12. The van der Waals surface area contributed by atoms with E-state index in [9.17, 15) is 79.8 Å². The first-order chi connectivity index (χ1) is 17.7. The zero-order chi connectivity index (χ0) is 31.5. The molecule has 0 heterocycles. The molecule has 232 valence electrons. The van der Waals surface area contributed by atoms with E-state index >= 15 is 0 Å². The van der Waals surface area contributed by atoms with E-state index < -0.39 is 106 Å². The van der Waals surface area contributed by atoms with E-state index in [1.807, 2.05) is 0 Å². The fraction of sp³-hybridized carbons (Fsp3) is 0.333. The molecule has 2 rings (SSSR count). The van der Waals surface area contributed by atoms with Gasteiger partial charge in [0, 0.05) is 0 Å². The van der Waals surface area contributed by atoms with Crippen LogP contribution in [0.2, 0.25) is 0 Å². The van der Waals surface area contributed by atoms with Crippen molar-refractivity contribution in [3.63, 3.8) is 0 Å². The lowest BCUT2D eigenvalue weighted by molar-refractivity contribution is -0.301. The summed E-state index contributed by atoms with van der Waals surface area (Å²) in [6, 6.07) is 0. The van der Waals surface area contributed by atoms with Crippen LogP contribution in [0.15, 0.2) is 0 Å². The highest BCUT2D eigenvalue weighted by Crippen LogP contribution is 2.48.